The average molecular weight is 284 g/mol. The zero-order valence-electron chi connectivity index (χ0n) is 14.9. The zero-order valence-corrected chi connectivity index (χ0v) is 14.9. The van der Waals surface area contributed by atoms with Gasteiger partial charge in [0.2, 0.25) is 0 Å². The number of hydrogen-bond acceptors (Lipinski definition) is 3. The van der Waals surface area contributed by atoms with Gasteiger partial charge >= 0.3 is 0 Å². The lowest BCUT2D eigenvalue weighted by Gasteiger charge is -2.33. The Balaban J connectivity index is 2.43. The maximum Gasteiger partial charge on any atom is 0.0235 e. The molecule has 20 heavy (non-hydrogen) atoms. The minimum absolute atomic E-state index is 0.225. The summed E-state index contributed by atoms with van der Waals surface area (Å²) in [5.41, 5.74) is 0.225. The fourth-order valence-corrected chi connectivity index (χ4v) is 3.17. The molecule has 0 aliphatic carbocycles. The lowest BCUT2D eigenvalue weighted by molar-refractivity contribution is 0.161. The third kappa shape index (κ3) is 5.34. The molecule has 1 saturated heterocycles. The Kier molecular flexibility index (Phi) is 6.96. The maximum absolute atomic E-state index is 3.65. The van der Waals surface area contributed by atoms with Crippen molar-refractivity contribution in [2.75, 3.05) is 32.7 Å². The van der Waals surface area contributed by atoms with Gasteiger partial charge in [0.25, 0.3) is 0 Å². The van der Waals surface area contributed by atoms with Crippen molar-refractivity contribution in [3.05, 3.63) is 0 Å². The van der Waals surface area contributed by atoms with Crippen LogP contribution in [0.15, 0.2) is 0 Å². The van der Waals surface area contributed by atoms with E-state index in [4.69, 9.17) is 0 Å². The summed E-state index contributed by atoms with van der Waals surface area (Å²) >= 11 is 0. The number of rotatable bonds is 7. The van der Waals surface area contributed by atoms with Crippen LogP contribution < -0.4 is 5.32 Å². The molecule has 0 amide bonds. The molecule has 3 unspecified atom stereocenters. The Morgan fingerprint density at radius 1 is 1.20 bits per heavy atom. The molecule has 0 bridgehead atoms. The van der Waals surface area contributed by atoms with Crippen LogP contribution >= 0.6 is 0 Å². The van der Waals surface area contributed by atoms with Gasteiger partial charge in [0.1, 0.15) is 0 Å². The second kappa shape index (κ2) is 7.77. The second-order valence-corrected chi connectivity index (χ2v) is 7.51. The monoisotopic (exact) mass is 283 g/mol. The Morgan fingerprint density at radius 2 is 1.80 bits per heavy atom. The maximum atomic E-state index is 3.65. The first-order chi connectivity index (χ1) is 9.28. The molecule has 1 aliphatic heterocycles. The fraction of sp³-hybridized carbons (Fsp3) is 1.00. The van der Waals surface area contributed by atoms with E-state index in [1.807, 2.05) is 0 Å². The van der Waals surface area contributed by atoms with Crippen molar-refractivity contribution >= 4 is 0 Å². The first-order valence-electron chi connectivity index (χ1n) is 8.51. The highest BCUT2D eigenvalue weighted by Gasteiger charge is 2.31. The van der Waals surface area contributed by atoms with Crippen molar-refractivity contribution in [2.45, 2.75) is 72.5 Å². The SMILES string of the molecule is CCN(CC)C1CCN(C(C)C(C)CNC(C)(C)C)C1. The van der Waals surface area contributed by atoms with Crippen LogP contribution in [-0.2, 0) is 0 Å². The quantitative estimate of drug-likeness (QED) is 0.775. The Labute approximate surface area is 127 Å². The van der Waals surface area contributed by atoms with E-state index < -0.39 is 0 Å². The van der Waals surface area contributed by atoms with Crippen LogP contribution in [0, 0.1) is 5.92 Å². The summed E-state index contributed by atoms with van der Waals surface area (Å²) in [6.45, 7) is 22.1. The van der Waals surface area contributed by atoms with Gasteiger partial charge in [-0.3, -0.25) is 9.80 Å². The molecule has 0 saturated carbocycles. The highest BCUT2D eigenvalue weighted by atomic mass is 15.3. The normalized spacial score (nSPS) is 24.3. The smallest absolute Gasteiger partial charge is 0.0235 e. The third-order valence-corrected chi connectivity index (χ3v) is 4.88. The van der Waals surface area contributed by atoms with E-state index in [2.05, 4.69) is 63.6 Å². The summed E-state index contributed by atoms with van der Waals surface area (Å²) in [5, 5.41) is 3.65. The lowest BCUT2D eigenvalue weighted by Crippen LogP contribution is -2.46. The predicted octanol–water partition coefficient (Wildman–Crippen LogP) is 2.82. The number of likely N-dealkylation sites (tertiary alicyclic amines) is 1. The van der Waals surface area contributed by atoms with Crippen LogP contribution in [0.1, 0.15) is 54.9 Å². The van der Waals surface area contributed by atoms with Crippen LogP contribution in [0.25, 0.3) is 0 Å². The summed E-state index contributed by atoms with van der Waals surface area (Å²) in [7, 11) is 0. The molecule has 3 nitrogen and oxygen atoms in total. The topological polar surface area (TPSA) is 18.5 Å². The molecule has 3 heteroatoms. The molecule has 1 fully saturated rings. The molecule has 0 radical (unpaired) electrons. The molecule has 120 valence electrons. The van der Waals surface area contributed by atoms with Gasteiger partial charge in [-0.05, 0) is 59.7 Å². The average Bonchev–Trinajstić information content (AvgIpc) is 2.85. The van der Waals surface area contributed by atoms with Crippen LogP contribution in [-0.4, -0.2) is 60.1 Å². The Hall–Kier alpha value is -0.120. The van der Waals surface area contributed by atoms with Crippen LogP contribution in [0.5, 0.6) is 0 Å². The molecule has 0 spiro atoms. The standard InChI is InChI=1S/C17H37N3/c1-8-19(9-2)16-10-11-20(13-16)15(4)14(3)12-18-17(5,6)7/h14-16,18H,8-13H2,1-7H3. The van der Waals surface area contributed by atoms with Gasteiger partial charge in [0.05, 0.1) is 0 Å². The highest BCUT2D eigenvalue weighted by molar-refractivity contribution is 4.87. The van der Waals surface area contributed by atoms with Crippen molar-refractivity contribution in [3.63, 3.8) is 0 Å². The van der Waals surface area contributed by atoms with E-state index in [1.165, 1.54) is 32.6 Å². The van der Waals surface area contributed by atoms with Crippen molar-refractivity contribution in [1.82, 2.24) is 15.1 Å². The first kappa shape index (κ1) is 17.9. The number of nitrogens with one attached hydrogen (secondary N) is 1. The largest absolute Gasteiger partial charge is 0.312 e. The van der Waals surface area contributed by atoms with Crippen molar-refractivity contribution < 1.29 is 0 Å². The van der Waals surface area contributed by atoms with Crippen molar-refractivity contribution in [3.8, 4) is 0 Å². The van der Waals surface area contributed by atoms with Gasteiger partial charge in [-0.2, -0.15) is 0 Å². The molecule has 0 aromatic heterocycles. The molecule has 1 heterocycles. The van der Waals surface area contributed by atoms with Gasteiger partial charge in [-0.25, -0.2) is 0 Å². The van der Waals surface area contributed by atoms with E-state index in [-0.39, 0.29) is 5.54 Å². The fourth-order valence-electron chi connectivity index (χ4n) is 3.17. The third-order valence-electron chi connectivity index (χ3n) is 4.88. The summed E-state index contributed by atoms with van der Waals surface area (Å²) < 4.78 is 0. The lowest BCUT2D eigenvalue weighted by atomic mass is 10.00. The molecular weight excluding hydrogens is 246 g/mol. The zero-order chi connectivity index (χ0) is 15.3. The van der Waals surface area contributed by atoms with Crippen molar-refractivity contribution in [1.29, 1.82) is 0 Å². The molecule has 3 atom stereocenters. The molecule has 0 aromatic rings. The van der Waals surface area contributed by atoms with Gasteiger partial charge in [-0.15, -0.1) is 0 Å². The minimum atomic E-state index is 0.225. The van der Waals surface area contributed by atoms with E-state index in [9.17, 15) is 0 Å². The summed E-state index contributed by atoms with van der Waals surface area (Å²) in [4.78, 5) is 5.31. The van der Waals surface area contributed by atoms with Gasteiger partial charge < -0.3 is 5.32 Å². The van der Waals surface area contributed by atoms with Crippen molar-refractivity contribution in [2.24, 2.45) is 5.92 Å². The summed E-state index contributed by atoms with van der Waals surface area (Å²) in [6, 6.07) is 1.45. The van der Waals surface area contributed by atoms with E-state index in [1.54, 1.807) is 0 Å². The van der Waals surface area contributed by atoms with E-state index in [0.29, 0.717) is 12.0 Å². The molecular formula is C17H37N3. The Morgan fingerprint density at radius 3 is 2.30 bits per heavy atom. The van der Waals surface area contributed by atoms with Gasteiger partial charge in [-0.1, -0.05) is 20.8 Å². The molecule has 1 aliphatic rings. The highest BCUT2D eigenvalue weighted by Crippen LogP contribution is 2.21. The second-order valence-electron chi connectivity index (χ2n) is 7.51. The Bertz CT molecular complexity index is 268. The van der Waals surface area contributed by atoms with Gasteiger partial charge in [0, 0.05) is 30.7 Å². The van der Waals surface area contributed by atoms with E-state index in [0.717, 1.165) is 12.6 Å². The van der Waals surface area contributed by atoms with Crippen LogP contribution in [0.2, 0.25) is 0 Å². The summed E-state index contributed by atoms with van der Waals surface area (Å²) in [6.07, 6.45) is 1.34. The van der Waals surface area contributed by atoms with E-state index >= 15 is 0 Å². The molecule has 0 aromatic carbocycles. The number of likely N-dealkylation sites (N-methyl/N-ethyl adjacent to an activating group) is 1. The van der Waals surface area contributed by atoms with Gasteiger partial charge in [0.15, 0.2) is 0 Å². The molecule has 1 N–H and O–H groups in total. The molecule has 1 rings (SSSR count). The van der Waals surface area contributed by atoms with Crippen LogP contribution in [0.3, 0.4) is 0 Å². The predicted molar refractivity (Wildman–Crippen MR) is 89.3 cm³/mol. The van der Waals surface area contributed by atoms with Crippen LogP contribution in [0.4, 0.5) is 0 Å². The first-order valence-corrected chi connectivity index (χ1v) is 8.51. The summed E-state index contributed by atoms with van der Waals surface area (Å²) in [5.74, 6) is 0.699. The number of hydrogen-bond donors (Lipinski definition) is 1. The number of nitrogens with zero attached hydrogens (tertiary/aromatic N) is 2. The minimum Gasteiger partial charge on any atom is -0.312 e.